The van der Waals surface area contributed by atoms with E-state index in [2.05, 4.69) is 0 Å². The Morgan fingerprint density at radius 2 is 1.80 bits per heavy atom. The van der Waals surface area contributed by atoms with Gasteiger partial charge >= 0.3 is 0 Å². The van der Waals surface area contributed by atoms with Crippen LogP contribution in [0.3, 0.4) is 0 Å². The third-order valence-corrected chi connectivity index (χ3v) is 5.82. The molecule has 0 atom stereocenters. The molecule has 1 aromatic heterocycles. The molecule has 0 unspecified atom stereocenters. The molecule has 0 bridgehead atoms. The van der Waals surface area contributed by atoms with Gasteiger partial charge in [-0.1, -0.05) is 34.8 Å². The third kappa shape index (κ3) is 3.45. The fourth-order valence-corrected chi connectivity index (χ4v) is 4.29. The van der Waals surface area contributed by atoms with Crippen molar-refractivity contribution in [3.8, 4) is 0 Å². The first-order chi connectivity index (χ1) is 9.29. The fraction of sp³-hybridized carbons (Fsp3) is 0. The van der Waals surface area contributed by atoms with E-state index in [1.807, 2.05) is 4.72 Å². The summed E-state index contributed by atoms with van der Waals surface area (Å²) in [7, 11) is -3.97. The second-order valence-electron chi connectivity index (χ2n) is 3.62. The van der Waals surface area contributed by atoms with Gasteiger partial charge in [-0.2, -0.15) is 0 Å². The van der Waals surface area contributed by atoms with E-state index in [4.69, 9.17) is 34.8 Å². The molecular formula is C11H6Cl3NO3S2. The molecule has 0 saturated heterocycles. The Hall–Kier alpha value is -0.790. The van der Waals surface area contributed by atoms with E-state index in [1.165, 1.54) is 30.3 Å². The number of hydrogen-bond donors (Lipinski definition) is 1. The number of amides is 1. The van der Waals surface area contributed by atoms with Crippen LogP contribution in [0, 0.1) is 0 Å². The normalized spacial score (nSPS) is 11.3. The van der Waals surface area contributed by atoms with Crippen LogP contribution >= 0.6 is 46.1 Å². The molecule has 2 rings (SSSR count). The monoisotopic (exact) mass is 369 g/mol. The second kappa shape index (κ2) is 5.91. The molecule has 1 N–H and O–H groups in total. The average molecular weight is 371 g/mol. The molecular weight excluding hydrogens is 365 g/mol. The summed E-state index contributed by atoms with van der Waals surface area (Å²) in [6.07, 6.45) is 0. The van der Waals surface area contributed by atoms with E-state index in [-0.39, 0.29) is 14.8 Å². The molecule has 1 aromatic carbocycles. The SMILES string of the molecule is O=C(NS(=O)(=O)c1ccc(Cl)s1)c1ccc(Cl)cc1Cl. The van der Waals surface area contributed by atoms with E-state index in [1.54, 1.807) is 0 Å². The average Bonchev–Trinajstić information content (AvgIpc) is 2.75. The molecule has 1 amide bonds. The third-order valence-electron chi connectivity index (χ3n) is 2.22. The maximum atomic E-state index is 12.0. The van der Waals surface area contributed by atoms with Gasteiger partial charge in [-0.05, 0) is 30.3 Å². The van der Waals surface area contributed by atoms with Gasteiger partial charge in [0.25, 0.3) is 15.9 Å². The molecule has 2 aromatic rings. The van der Waals surface area contributed by atoms with Gasteiger partial charge in [-0.25, -0.2) is 13.1 Å². The molecule has 0 aliphatic carbocycles. The Kier molecular flexibility index (Phi) is 4.61. The van der Waals surface area contributed by atoms with Gasteiger partial charge in [0.2, 0.25) is 0 Å². The molecule has 106 valence electrons. The Labute approximate surface area is 134 Å². The van der Waals surface area contributed by atoms with Crippen molar-refractivity contribution in [2.24, 2.45) is 0 Å². The van der Waals surface area contributed by atoms with E-state index in [0.29, 0.717) is 9.36 Å². The van der Waals surface area contributed by atoms with Crippen LogP contribution in [0.1, 0.15) is 10.4 Å². The zero-order valence-electron chi connectivity index (χ0n) is 9.56. The number of halogens is 3. The Morgan fingerprint density at radius 3 is 2.35 bits per heavy atom. The number of hydrogen-bond acceptors (Lipinski definition) is 4. The Morgan fingerprint density at radius 1 is 1.10 bits per heavy atom. The quantitative estimate of drug-likeness (QED) is 0.893. The van der Waals surface area contributed by atoms with Crippen LogP contribution in [0.4, 0.5) is 0 Å². The first-order valence-corrected chi connectivity index (χ1v) is 8.50. The zero-order chi connectivity index (χ0) is 14.9. The van der Waals surface area contributed by atoms with Crippen LogP contribution in [0.5, 0.6) is 0 Å². The van der Waals surface area contributed by atoms with Crippen LogP contribution in [0.15, 0.2) is 34.5 Å². The Balaban J connectivity index is 2.27. The van der Waals surface area contributed by atoms with Crippen molar-refractivity contribution < 1.29 is 13.2 Å². The van der Waals surface area contributed by atoms with Crippen LogP contribution in [-0.2, 0) is 10.0 Å². The van der Waals surface area contributed by atoms with Crippen LogP contribution < -0.4 is 4.72 Å². The molecule has 4 nitrogen and oxygen atoms in total. The van der Waals surface area contributed by atoms with Gasteiger partial charge < -0.3 is 0 Å². The van der Waals surface area contributed by atoms with Gasteiger partial charge in [0.05, 0.1) is 14.9 Å². The minimum Gasteiger partial charge on any atom is -0.268 e. The number of rotatable bonds is 3. The van der Waals surface area contributed by atoms with E-state index in [0.717, 1.165) is 11.3 Å². The minimum atomic E-state index is -3.97. The first-order valence-electron chi connectivity index (χ1n) is 5.07. The summed E-state index contributed by atoms with van der Waals surface area (Å²) in [5, 5.41) is 0.411. The first kappa shape index (κ1) is 15.6. The molecule has 20 heavy (non-hydrogen) atoms. The lowest BCUT2D eigenvalue weighted by atomic mass is 10.2. The van der Waals surface area contributed by atoms with Gasteiger partial charge in [-0.3, -0.25) is 4.79 Å². The minimum absolute atomic E-state index is 0.0160. The van der Waals surface area contributed by atoms with Crippen molar-refractivity contribution in [2.75, 3.05) is 0 Å². The predicted molar refractivity (Wildman–Crippen MR) is 80.4 cm³/mol. The highest BCUT2D eigenvalue weighted by molar-refractivity contribution is 7.92. The standard InChI is InChI=1S/C11H6Cl3NO3S2/c12-6-1-2-7(8(13)5-6)11(16)15-20(17,18)10-4-3-9(14)19-10/h1-5H,(H,15,16). The topological polar surface area (TPSA) is 63.2 Å². The van der Waals surface area contributed by atoms with Crippen LogP contribution in [0.2, 0.25) is 14.4 Å². The van der Waals surface area contributed by atoms with Crippen molar-refractivity contribution >= 4 is 62.1 Å². The zero-order valence-corrected chi connectivity index (χ0v) is 13.5. The maximum Gasteiger partial charge on any atom is 0.273 e. The molecule has 9 heteroatoms. The lowest BCUT2D eigenvalue weighted by molar-refractivity contribution is 0.0981. The number of carbonyl (C=O) groups excluding carboxylic acids is 1. The molecule has 0 saturated carbocycles. The lowest BCUT2D eigenvalue weighted by Gasteiger charge is -2.06. The molecule has 0 spiro atoms. The summed E-state index contributed by atoms with van der Waals surface area (Å²) in [6, 6.07) is 6.88. The summed E-state index contributed by atoms with van der Waals surface area (Å²) in [4.78, 5) is 11.9. The summed E-state index contributed by atoms with van der Waals surface area (Å²) < 4.78 is 26.1. The van der Waals surface area contributed by atoms with Gasteiger partial charge in [0.1, 0.15) is 4.21 Å². The number of nitrogens with one attached hydrogen (secondary N) is 1. The largest absolute Gasteiger partial charge is 0.273 e. The summed E-state index contributed by atoms with van der Waals surface area (Å²) in [5.41, 5.74) is 0.0160. The fourth-order valence-electron chi connectivity index (χ4n) is 1.34. The van der Waals surface area contributed by atoms with Crippen molar-refractivity contribution in [1.82, 2.24) is 4.72 Å². The number of benzene rings is 1. The highest BCUT2D eigenvalue weighted by atomic mass is 35.5. The Bertz CT molecular complexity index is 771. The molecule has 0 fully saturated rings. The number of carbonyl (C=O) groups is 1. The smallest absolute Gasteiger partial charge is 0.268 e. The van der Waals surface area contributed by atoms with E-state index < -0.39 is 15.9 Å². The van der Waals surface area contributed by atoms with Gasteiger partial charge in [0, 0.05) is 5.02 Å². The van der Waals surface area contributed by atoms with Gasteiger partial charge in [0.15, 0.2) is 0 Å². The van der Waals surface area contributed by atoms with Crippen LogP contribution in [-0.4, -0.2) is 14.3 Å². The highest BCUT2D eigenvalue weighted by Gasteiger charge is 2.22. The van der Waals surface area contributed by atoms with Crippen LogP contribution in [0.25, 0.3) is 0 Å². The summed E-state index contributed by atoms with van der Waals surface area (Å²) in [6.45, 7) is 0. The predicted octanol–water partition coefficient (Wildman–Crippen LogP) is 3.83. The maximum absolute atomic E-state index is 12.0. The van der Waals surface area contributed by atoms with Crippen molar-refractivity contribution in [2.45, 2.75) is 4.21 Å². The number of sulfonamides is 1. The summed E-state index contributed by atoms with van der Waals surface area (Å²) in [5.74, 6) is -0.837. The molecule has 0 radical (unpaired) electrons. The molecule has 0 aliphatic rings. The van der Waals surface area contributed by atoms with E-state index >= 15 is 0 Å². The number of thiophene rings is 1. The summed E-state index contributed by atoms with van der Waals surface area (Å²) >= 11 is 18.1. The lowest BCUT2D eigenvalue weighted by Crippen LogP contribution is -2.30. The van der Waals surface area contributed by atoms with Crippen molar-refractivity contribution in [1.29, 1.82) is 0 Å². The molecule has 0 aliphatic heterocycles. The van der Waals surface area contributed by atoms with Crippen molar-refractivity contribution in [3.63, 3.8) is 0 Å². The highest BCUT2D eigenvalue weighted by Crippen LogP contribution is 2.26. The second-order valence-corrected chi connectivity index (χ2v) is 8.09. The molecule has 1 heterocycles. The van der Waals surface area contributed by atoms with Crippen molar-refractivity contribution in [3.05, 3.63) is 50.3 Å². The van der Waals surface area contributed by atoms with E-state index in [9.17, 15) is 13.2 Å². The van der Waals surface area contributed by atoms with Gasteiger partial charge in [-0.15, -0.1) is 11.3 Å².